The van der Waals surface area contributed by atoms with Gasteiger partial charge in [0.05, 0.1) is 0 Å². The van der Waals surface area contributed by atoms with Crippen LogP contribution >= 0.6 is 0 Å². The molecule has 0 radical (unpaired) electrons. The lowest BCUT2D eigenvalue weighted by Crippen LogP contribution is -1.98. The van der Waals surface area contributed by atoms with E-state index in [2.05, 4.69) is 37.0 Å². The van der Waals surface area contributed by atoms with Crippen LogP contribution in [0.5, 0.6) is 0 Å². The molecule has 0 fully saturated rings. The van der Waals surface area contributed by atoms with E-state index in [0.717, 1.165) is 19.3 Å². The summed E-state index contributed by atoms with van der Waals surface area (Å²) in [5.74, 6) is -0.235. The van der Waals surface area contributed by atoms with Crippen LogP contribution in [-0.4, -0.2) is 16.1 Å². The highest BCUT2D eigenvalue weighted by Crippen LogP contribution is 2.31. The van der Waals surface area contributed by atoms with E-state index in [9.17, 15) is 4.79 Å². The van der Waals surface area contributed by atoms with Crippen LogP contribution in [0.15, 0.2) is 24.3 Å². The summed E-state index contributed by atoms with van der Waals surface area (Å²) >= 11 is 0. The monoisotopic (exact) mass is 259 g/mol. The van der Waals surface area contributed by atoms with Gasteiger partial charge < -0.3 is 10.1 Å². The number of fused-ring (bicyclic) bond motifs is 1. The second-order valence-corrected chi connectivity index (χ2v) is 5.25. The fourth-order valence-corrected chi connectivity index (χ4v) is 2.80. The van der Waals surface area contributed by atoms with Crippen LogP contribution in [0.3, 0.4) is 0 Å². The van der Waals surface area contributed by atoms with Crippen molar-refractivity contribution in [2.45, 2.75) is 45.4 Å². The molecular formula is C16H21NO2. The molecule has 1 aromatic carbocycles. The van der Waals surface area contributed by atoms with Gasteiger partial charge in [0.2, 0.25) is 0 Å². The second kappa shape index (κ2) is 5.91. The minimum absolute atomic E-state index is 0.277. The summed E-state index contributed by atoms with van der Waals surface area (Å²) in [5.41, 5.74) is 3.80. The number of carboxylic acid groups (broad SMARTS) is 1. The number of H-pyrrole nitrogens is 1. The number of carboxylic acids is 1. The van der Waals surface area contributed by atoms with E-state index < -0.39 is 5.97 Å². The third-order valence-electron chi connectivity index (χ3n) is 3.71. The van der Waals surface area contributed by atoms with E-state index in [1.807, 2.05) is 6.07 Å². The fraction of sp³-hybridized carbons (Fsp3) is 0.438. The van der Waals surface area contributed by atoms with Gasteiger partial charge in [0.1, 0.15) is 0 Å². The van der Waals surface area contributed by atoms with Gasteiger partial charge in [-0.1, -0.05) is 31.5 Å². The van der Waals surface area contributed by atoms with Gasteiger partial charge in [-0.25, -0.2) is 0 Å². The van der Waals surface area contributed by atoms with Crippen molar-refractivity contribution >= 4 is 16.9 Å². The Kier molecular flexibility index (Phi) is 4.25. The maximum Gasteiger partial charge on any atom is 0.303 e. The van der Waals surface area contributed by atoms with Gasteiger partial charge in [-0.2, -0.15) is 0 Å². The number of aryl methyl sites for hydroxylation is 1. The lowest BCUT2D eigenvalue weighted by Gasteiger charge is -2.12. The average molecular weight is 259 g/mol. The van der Waals surface area contributed by atoms with Crippen molar-refractivity contribution < 1.29 is 9.90 Å². The number of aromatic nitrogens is 1. The lowest BCUT2D eigenvalue weighted by molar-refractivity contribution is -0.137. The Morgan fingerprint density at radius 3 is 2.79 bits per heavy atom. The smallest absolute Gasteiger partial charge is 0.303 e. The zero-order chi connectivity index (χ0) is 13.8. The molecule has 0 bridgehead atoms. The summed E-state index contributed by atoms with van der Waals surface area (Å²) in [6, 6.07) is 8.36. The number of hydrogen-bond donors (Lipinski definition) is 2. The quantitative estimate of drug-likeness (QED) is 0.763. The number of carbonyl (C=O) groups is 1. The first-order chi connectivity index (χ1) is 9.09. The summed E-state index contributed by atoms with van der Waals surface area (Å²) in [6.45, 7) is 4.34. The molecule has 3 heteroatoms. The van der Waals surface area contributed by atoms with Crippen molar-refractivity contribution in [3.63, 3.8) is 0 Å². The minimum Gasteiger partial charge on any atom is -0.481 e. The molecule has 3 nitrogen and oxygen atoms in total. The molecule has 1 unspecified atom stereocenters. The molecule has 1 heterocycles. The van der Waals surface area contributed by atoms with Crippen molar-refractivity contribution in [3.05, 3.63) is 35.5 Å². The number of unbranched alkanes of at least 4 members (excludes halogenated alkanes) is 1. The number of para-hydroxylation sites is 1. The Hall–Kier alpha value is -1.77. The van der Waals surface area contributed by atoms with Crippen LogP contribution in [0.25, 0.3) is 10.9 Å². The number of hydrogen-bond acceptors (Lipinski definition) is 1. The second-order valence-electron chi connectivity index (χ2n) is 5.25. The fourth-order valence-electron chi connectivity index (χ4n) is 2.80. The van der Waals surface area contributed by atoms with E-state index in [1.54, 1.807) is 0 Å². The Morgan fingerprint density at radius 1 is 1.32 bits per heavy atom. The first-order valence-electron chi connectivity index (χ1n) is 6.88. The van der Waals surface area contributed by atoms with Gasteiger partial charge in [0, 0.05) is 23.0 Å². The molecule has 2 aromatic rings. The maximum atomic E-state index is 10.5. The lowest BCUT2D eigenvalue weighted by atomic mass is 9.93. The van der Waals surface area contributed by atoms with Crippen molar-refractivity contribution in [3.8, 4) is 0 Å². The first-order valence-corrected chi connectivity index (χ1v) is 6.88. The van der Waals surface area contributed by atoms with Gasteiger partial charge in [-0.3, -0.25) is 4.79 Å². The number of nitrogens with one attached hydrogen (secondary N) is 1. The van der Waals surface area contributed by atoms with Gasteiger partial charge >= 0.3 is 5.97 Å². The molecule has 0 spiro atoms. The van der Waals surface area contributed by atoms with E-state index >= 15 is 0 Å². The molecule has 102 valence electrons. The molecule has 0 saturated heterocycles. The van der Waals surface area contributed by atoms with Crippen molar-refractivity contribution in [2.24, 2.45) is 0 Å². The molecule has 0 amide bonds. The van der Waals surface area contributed by atoms with E-state index in [4.69, 9.17) is 5.11 Å². The number of rotatable bonds is 6. The Morgan fingerprint density at radius 2 is 2.05 bits per heavy atom. The van der Waals surface area contributed by atoms with Crippen LogP contribution in [0, 0.1) is 6.92 Å². The molecule has 0 aliphatic rings. The van der Waals surface area contributed by atoms with Gasteiger partial charge in [0.15, 0.2) is 0 Å². The van der Waals surface area contributed by atoms with Crippen LogP contribution in [-0.2, 0) is 4.79 Å². The van der Waals surface area contributed by atoms with Crippen LogP contribution < -0.4 is 0 Å². The molecule has 19 heavy (non-hydrogen) atoms. The molecule has 1 atom stereocenters. The zero-order valence-corrected chi connectivity index (χ0v) is 11.6. The van der Waals surface area contributed by atoms with E-state index in [-0.39, 0.29) is 6.42 Å². The summed E-state index contributed by atoms with van der Waals surface area (Å²) in [4.78, 5) is 13.9. The highest BCUT2D eigenvalue weighted by atomic mass is 16.4. The third kappa shape index (κ3) is 3.16. The normalized spacial score (nSPS) is 12.7. The highest BCUT2D eigenvalue weighted by molar-refractivity contribution is 5.85. The molecular weight excluding hydrogens is 238 g/mol. The van der Waals surface area contributed by atoms with Gasteiger partial charge in [-0.15, -0.1) is 0 Å². The average Bonchev–Trinajstić information content (AvgIpc) is 2.70. The Bertz CT molecular complexity index is 571. The van der Waals surface area contributed by atoms with Crippen LogP contribution in [0.4, 0.5) is 0 Å². The summed E-state index contributed by atoms with van der Waals surface area (Å²) < 4.78 is 0. The minimum atomic E-state index is -0.698. The summed E-state index contributed by atoms with van der Waals surface area (Å²) in [5, 5.41) is 9.94. The highest BCUT2D eigenvalue weighted by Gasteiger charge is 2.14. The molecule has 0 aliphatic carbocycles. The summed E-state index contributed by atoms with van der Waals surface area (Å²) in [7, 11) is 0. The van der Waals surface area contributed by atoms with E-state index in [0.29, 0.717) is 5.92 Å². The van der Waals surface area contributed by atoms with Gasteiger partial charge in [0.25, 0.3) is 0 Å². The summed E-state index contributed by atoms with van der Waals surface area (Å²) in [6.07, 6.45) is 3.04. The van der Waals surface area contributed by atoms with Crippen molar-refractivity contribution in [1.82, 2.24) is 4.98 Å². The number of aliphatic carboxylic acids is 1. The largest absolute Gasteiger partial charge is 0.481 e. The number of aromatic amines is 1. The Labute approximate surface area is 113 Å². The standard InChI is InChI=1S/C16H21NO2/c1-11(7-3-6-10-15(18)19)16-12(2)17-14-9-5-4-8-13(14)16/h4-5,8-9,11,17H,3,6-7,10H2,1-2H3,(H,18,19). The Balaban J connectivity index is 2.06. The molecule has 2 rings (SSSR count). The molecule has 0 saturated carbocycles. The third-order valence-corrected chi connectivity index (χ3v) is 3.71. The van der Waals surface area contributed by atoms with Crippen LogP contribution in [0.1, 0.15) is 49.8 Å². The SMILES string of the molecule is Cc1[nH]c2ccccc2c1C(C)CCCCC(=O)O. The first kappa shape index (κ1) is 13.7. The van der Waals surface area contributed by atoms with Crippen LogP contribution in [0.2, 0.25) is 0 Å². The predicted molar refractivity (Wildman–Crippen MR) is 77.6 cm³/mol. The maximum absolute atomic E-state index is 10.5. The topological polar surface area (TPSA) is 53.1 Å². The molecule has 0 aliphatic heterocycles. The number of benzene rings is 1. The molecule has 2 N–H and O–H groups in total. The van der Waals surface area contributed by atoms with E-state index in [1.165, 1.54) is 22.2 Å². The predicted octanol–water partition coefficient (Wildman–Crippen LogP) is 4.22. The van der Waals surface area contributed by atoms with Crippen molar-refractivity contribution in [2.75, 3.05) is 0 Å². The zero-order valence-electron chi connectivity index (χ0n) is 11.6. The van der Waals surface area contributed by atoms with Gasteiger partial charge in [-0.05, 0) is 37.3 Å². The molecule has 1 aromatic heterocycles. The van der Waals surface area contributed by atoms with Crippen molar-refractivity contribution in [1.29, 1.82) is 0 Å².